The second-order valence-electron chi connectivity index (χ2n) is 15.0. The number of halogens is 7. The molecule has 0 radical (unpaired) electrons. The van der Waals surface area contributed by atoms with E-state index in [0.29, 0.717) is 27.2 Å². The van der Waals surface area contributed by atoms with Crippen molar-refractivity contribution >= 4 is 32.7 Å². The Balaban J connectivity index is 1.39. The summed E-state index contributed by atoms with van der Waals surface area (Å²) in [6, 6.07) is 9.08. The number of aromatic nitrogens is 5. The summed E-state index contributed by atoms with van der Waals surface area (Å²) in [5.41, 5.74) is -3.93. The SMILES string of the molecule is CC(C)C(C)(O)C#Cc1ccc(-c2cccc3c(NS(C)(=O)=O)nn(C)c23)c([C@H](Cc2cc(F)cc(F)c2)NC(=O)Cn2nc(C(F)(F)F)c3c2C(F)(F)[C@@H]2C#C[C@H]32)n1. The summed E-state index contributed by atoms with van der Waals surface area (Å²) < 4.78 is 131. The second kappa shape index (κ2) is 14.4. The smallest absolute Gasteiger partial charge is 0.378 e. The van der Waals surface area contributed by atoms with Gasteiger partial charge in [0.2, 0.25) is 15.9 Å². The summed E-state index contributed by atoms with van der Waals surface area (Å²) in [7, 11) is -2.25. The van der Waals surface area contributed by atoms with Crippen molar-refractivity contribution in [2.45, 2.75) is 63.4 Å². The molecule has 0 aliphatic heterocycles. The van der Waals surface area contributed by atoms with Crippen LogP contribution < -0.4 is 10.0 Å². The van der Waals surface area contributed by atoms with Gasteiger partial charge in [-0.2, -0.15) is 32.1 Å². The van der Waals surface area contributed by atoms with E-state index in [1.165, 1.54) is 17.7 Å². The maximum Gasteiger partial charge on any atom is 0.435 e. The van der Waals surface area contributed by atoms with Crippen LogP contribution in [-0.4, -0.2) is 55.8 Å². The van der Waals surface area contributed by atoms with Crippen molar-refractivity contribution < 1.29 is 49.1 Å². The number of alkyl halides is 5. The lowest BCUT2D eigenvalue weighted by atomic mass is 9.84. The van der Waals surface area contributed by atoms with Crippen LogP contribution in [0.5, 0.6) is 0 Å². The lowest BCUT2D eigenvalue weighted by Crippen LogP contribution is -2.36. The van der Waals surface area contributed by atoms with Crippen LogP contribution in [0.3, 0.4) is 0 Å². The third-order valence-electron chi connectivity index (χ3n) is 10.3. The zero-order valence-corrected chi connectivity index (χ0v) is 32.6. The highest BCUT2D eigenvalue weighted by atomic mass is 32.2. The molecule has 59 heavy (non-hydrogen) atoms. The van der Waals surface area contributed by atoms with Crippen LogP contribution >= 0.6 is 0 Å². The average molecular weight is 842 g/mol. The summed E-state index contributed by atoms with van der Waals surface area (Å²) in [4.78, 5) is 18.7. The molecule has 0 bridgehead atoms. The molecule has 2 aliphatic rings. The molecular weight excluding hydrogens is 808 g/mol. The van der Waals surface area contributed by atoms with E-state index < -0.39 is 93.1 Å². The zero-order valence-electron chi connectivity index (χ0n) is 31.8. The first-order valence-electron chi connectivity index (χ1n) is 18.0. The Morgan fingerprint density at radius 1 is 1.05 bits per heavy atom. The normalized spacial score (nSPS) is 18.1. The Kier molecular flexibility index (Phi) is 10.1. The second-order valence-corrected chi connectivity index (χ2v) is 16.7. The van der Waals surface area contributed by atoms with Crippen LogP contribution in [0.1, 0.15) is 66.6 Å². The van der Waals surface area contributed by atoms with Crippen molar-refractivity contribution in [3.8, 4) is 34.8 Å². The highest BCUT2D eigenvalue weighted by Crippen LogP contribution is 2.58. The summed E-state index contributed by atoms with van der Waals surface area (Å²) in [6.45, 7) is 3.83. The fraction of sp³-hybridized carbons (Fsp3) is 0.350. The van der Waals surface area contributed by atoms with Gasteiger partial charge in [0.05, 0.1) is 29.4 Å². The first-order chi connectivity index (χ1) is 27.4. The molecule has 0 saturated heterocycles. The van der Waals surface area contributed by atoms with Gasteiger partial charge in [-0.1, -0.05) is 43.7 Å². The molecular formula is C40H34F7N7O4S. The highest BCUT2D eigenvalue weighted by molar-refractivity contribution is 7.92. The summed E-state index contributed by atoms with van der Waals surface area (Å²) >= 11 is 0. The number of para-hydroxylation sites is 1. The Labute approximate surface area is 333 Å². The Morgan fingerprint density at radius 3 is 2.36 bits per heavy atom. The first kappa shape index (κ1) is 41.2. The molecule has 308 valence electrons. The molecule has 3 aromatic heterocycles. The number of rotatable bonds is 10. The van der Waals surface area contributed by atoms with Crippen molar-refractivity contribution in [2.24, 2.45) is 18.9 Å². The molecule has 19 heteroatoms. The minimum Gasteiger partial charge on any atom is -0.378 e. The van der Waals surface area contributed by atoms with Crippen LogP contribution in [0.15, 0.2) is 48.5 Å². The molecule has 1 unspecified atom stereocenters. The molecule has 1 amide bonds. The maximum atomic E-state index is 15.6. The lowest BCUT2D eigenvalue weighted by molar-refractivity contribution is -0.142. The largest absolute Gasteiger partial charge is 0.435 e. The van der Waals surface area contributed by atoms with E-state index in [1.807, 2.05) is 0 Å². The van der Waals surface area contributed by atoms with Crippen LogP contribution in [-0.2, 0) is 46.9 Å². The highest BCUT2D eigenvalue weighted by Gasteiger charge is 2.62. The van der Waals surface area contributed by atoms with Gasteiger partial charge in [-0.15, -0.1) is 0 Å². The standard InChI is InChI=1S/C40H34F7N7O4S/c1-20(2)38(3,56)14-13-24-9-10-25(26-7-6-8-28-34(26)53(4)51-37(28)52-59(5,57)58)33(48-24)30(17-21-15-22(41)18-23(42)16-21)49-31(55)19-54-36-32(35(50-54)40(45,46)47)27-11-12-29(27)39(36,43)44/h6-10,15-16,18,20,27,29-30,56H,17,19H2,1-5H3,(H,49,55)(H,51,52)/t27-,29+,30-,38?/m0/s1. The topological polar surface area (TPSA) is 144 Å². The van der Waals surface area contributed by atoms with Gasteiger partial charge in [0.15, 0.2) is 11.5 Å². The fourth-order valence-electron chi connectivity index (χ4n) is 7.12. The number of amides is 1. The van der Waals surface area contributed by atoms with Gasteiger partial charge >= 0.3 is 12.1 Å². The molecule has 0 saturated carbocycles. The summed E-state index contributed by atoms with van der Waals surface area (Å²) in [5.74, 6) is -0.287. The lowest BCUT2D eigenvalue weighted by Gasteiger charge is -2.24. The van der Waals surface area contributed by atoms with E-state index in [2.05, 4.69) is 43.9 Å². The van der Waals surface area contributed by atoms with E-state index in [-0.39, 0.29) is 34.3 Å². The number of aliphatic hydroxyl groups is 1. The molecule has 0 spiro atoms. The summed E-state index contributed by atoms with van der Waals surface area (Å²) in [6.07, 6.45) is -4.61. The number of fused-ring (bicyclic) bond motifs is 4. The van der Waals surface area contributed by atoms with Gasteiger partial charge in [0, 0.05) is 35.2 Å². The summed E-state index contributed by atoms with van der Waals surface area (Å²) in [5, 5.41) is 21.6. The molecule has 2 aliphatic carbocycles. The molecule has 4 atom stereocenters. The third-order valence-corrected chi connectivity index (χ3v) is 10.8. The molecule has 3 N–H and O–H groups in total. The van der Waals surface area contributed by atoms with E-state index in [1.54, 1.807) is 45.2 Å². The molecule has 7 rings (SSSR count). The number of nitrogens with zero attached hydrogens (tertiary/aromatic N) is 5. The van der Waals surface area contributed by atoms with Gasteiger partial charge in [-0.05, 0) is 61.1 Å². The van der Waals surface area contributed by atoms with Crippen molar-refractivity contribution in [3.63, 3.8) is 0 Å². The Hall–Kier alpha value is -5.92. The van der Waals surface area contributed by atoms with Crippen molar-refractivity contribution in [2.75, 3.05) is 11.0 Å². The Morgan fingerprint density at radius 2 is 1.75 bits per heavy atom. The molecule has 3 heterocycles. The van der Waals surface area contributed by atoms with Gasteiger partial charge in [0.25, 0.3) is 0 Å². The number of anilines is 1. The number of hydrogen-bond donors (Lipinski definition) is 3. The number of nitrogens with one attached hydrogen (secondary N) is 2. The first-order valence-corrected chi connectivity index (χ1v) is 19.9. The quantitative estimate of drug-likeness (QED) is 0.113. The van der Waals surface area contributed by atoms with E-state index in [0.717, 1.165) is 18.4 Å². The van der Waals surface area contributed by atoms with Gasteiger partial charge in [0.1, 0.15) is 41.1 Å². The number of benzene rings is 2. The van der Waals surface area contributed by atoms with E-state index in [9.17, 15) is 40.3 Å². The van der Waals surface area contributed by atoms with Gasteiger partial charge in [-0.3, -0.25) is 18.9 Å². The molecule has 5 aromatic rings. The predicted molar refractivity (Wildman–Crippen MR) is 201 cm³/mol. The molecule has 11 nitrogen and oxygen atoms in total. The predicted octanol–water partition coefficient (Wildman–Crippen LogP) is 6.18. The van der Waals surface area contributed by atoms with Gasteiger partial charge in [-0.25, -0.2) is 22.2 Å². The van der Waals surface area contributed by atoms with Crippen molar-refractivity contribution in [1.29, 1.82) is 0 Å². The van der Waals surface area contributed by atoms with Crippen molar-refractivity contribution in [3.05, 3.63) is 94.1 Å². The number of hydrogen-bond acceptors (Lipinski definition) is 7. The monoisotopic (exact) mass is 841 g/mol. The van der Waals surface area contributed by atoms with Crippen LogP contribution in [0.2, 0.25) is 0 Å². The van der Waals surface area contributed by atoms with E-state index in [4.69, 9.17) is 4.98 Å². The van der Waals surface area contributed by atoms with E-state index >= 15 is 8.78 Å². The van der Waals surface area contributed by atoms with Crippen LogP contribution in [0, 0.1) is 47.2 Å². The average Bonchev–Trinajstić information content (AvgIpc) is 3.67. The molecule has 0 fully saturated rings. The molecule has 2 aromatic carbocycles. The minimum absolute atomic E-state index is 0.00208. The number of sulfonamides is 1. The zero-order chi connectivity index (χ0) is 43.0. The fourth-order valence-corrected chi connectivity index (χ4v) is 7.62. The van der Waals surface area contributed by atoms with Crippen LogP contribution in [0.4, 0.5) is 36.6 Å². The number of aryl methyl sites for hydroxylation is 1. The minimum atomic E-state index is -5.15. The van der Waals surface area contributed by atoms with Gasteiger partial charge < -0.3 is 10.4 Å². The number of carbonyl (C=O) groups is 1. The Bertz CT molecular complexity index is 2770. The number of carbonyl (C=O) groups excluding carboxylic acids is 1. The number of pyridine rings is 1. The van der Waals surface area contributed by atoms with Crippen LogP contribution in [0.25, 0.3) is 22.0 Å². The third kappa shape index (κ3) is 7.84. The maximum absolute atomic E-state index is 15.6. The van der Waals surface area contributed by atoms with Crippen molar-refractivity contribution in [1.82, 2.24) is 29.9 Å².